The molecule has 0 nitrogen and oxygen atoms in total. The SMILES string of the molecule is [2H]c1c([2H])c([2H])c2c(-c3cccc4ccccc34)c3c([2H])c([2H])c(-c4cccc5ccccc45)c([2H])c3c(-c3ccccc3)c2c1[2H]. The van der Waals surface area contributed by atoms with E-state index in [1.165, 1.54) is 0 Å². The van der Waals surface area contributed by atoms with Gasteiger partial charge in [-0.2, -0.15) is 0 Å². The summed E-state index contributed by atoms with van der Waals surface area (Å²) in [6, 6.07) is 35.0. The third kappa shape index (κ3) is 3.54. The minimum Gasteiger partial charge on any atom is -0.0622 e. The molecule has 0 aliphatic carbocycles. The van der Waals surface area contributed by atoms with Crippen molar-refractivity contribution in [3.05, 3.63) is 158 Å². The van der Waals surface area contributed by atoms with Gasteiger partial charge in [-0.1, -0.05) is 152 Å². The molecule has 0 heteroatoms. The zero-order valence-electron chi connectivity index (χ0n) is 28.5. The molecule has 0 saturated heterocycles. The highest BCUT2D eigenvalue weighted by atomic mass is 14.2. The Morgan fingerprint density at radius 1 is 0.350 bits per heavy atom. The van der Waals surface area contributed by atoms with Crippen LogP contribution >= 0.6 is 0 Å². The van der Waals surface area contributed by atoms with Crippen molar-refractivity contribution in [2.24, 2.45) is 0 Å². The first kappa shape index (κ1) is 16.7. The van der Waals surface area contributed by atoms with E-state index in [1.807, 2.05) is 115 Å². The Morgan fingerprint density at radius 3 is 1.62 bits per heavy atom. The Morgan fingerprint density at radius 2 is 0.900 bits per heavy atom. The maximum absolute atomic E-state index is 9.90. The summed E-state index contributed by atoms with van der Waals surface area (Å²) in [5.74, 6) is 0. The van der Waals surface area contributed by atoms with Crippen molar-refractivity contribution in [3.63, 3.8) is 0 Å². The fourth-order valence-corrected chi connectivity index (χ4v) is 5.90. The summed E-state index contributed by atoms with van der Waals surface area (Å²) < 4.78 is 65.0. The smallest absolute Gasteiger partial charge is 0.0622 e. The van der Waals surface area contributed by atoms with E-state index in [-0.39, 0.29) is 53.1 Å². The van der Waals surface area contributed by atoms with Crippen LogP contribution in [0.5, 0.6) is 0 Å². The maximum Gasteiger partial charge on any atom is 0.0636 e. The summed E-state index contributed by atoms with van der Waals surface area (Å²) >= 11 is 0. The summed E-state index contributed by atoms with van der Waals surface area (Å²) in [5.41, 5.74) is 3.18. The van der Waals surface area contributed by atoms with Crippen LogP contribution in [0.1, 0.15) is 9.60 Å². The zero-order valence-corrected chi connectivity index (χ0v) is 21.5. The number of fused-ring (bicyclic) bond motifs is 4. The fourth-order valence-electron chi connectivity index (χ4n) is 5.90. The molecule has 8 rings (SSSR count). The van der Waals surface area contributed by atoms with Crippen molar-refractivity contribution in [2.75, 3.05) is 0 Å². The highest BCUT2D eigenvalue weighted by Crippen LogP contribution is 2.46. The van der Waals surface area contributed by atoms with E-state index in [0.29, 0.717) is 44.2 Å². The number of benzene rings is 8. The van der Waals surface area contributed by atoms with Crippen molar-refractivity contribution < 1.29 is 9.60 Å². The van der Waals surface area contributed by atoms with Crippen LogP contribution in [-0.4, -0.2) is 0 Å². The average Bonchev–Trinajstić information content (AvgIpc) is 3.11. The molecule has 0 aromatic heterocycles. The summed E-state index contributed by atoms with van der Waals surface area (Å²) in [6.07, 6.45) is 0. The summed E-state index contributed by atoms with van der Waals surface area (Å²) in [7, 11) is 0. The highest BCUT2D eigenvalue weighted by molar-refractivity contribution is 6.24. The predicted molar refractivity (Wildman–Crippen MR) is 173 cm³/mol. The van der Waals surface area contributed by atoms with Gasteiger partial charge in [-0.05, 0) is 82.5 Å². The Kier molecular flexibility index (Phi) is 3.85. The van der Waals surface area contributed by atoms with Crippen LogP contribution in [0.2, 0.25) is 0 Å². The van der Waals surface area contributed by atoms with Crippen LogP contribution in [0.15, 0.2) is 158 Å². The third-order valence-corrected chi connectivity index (χ3v) is 7.68. The molecule has 0 saturated carbocycles. The van der Waals surface area contributed by atoms with E-state index in [1.54, 1.807) is 0 Å². The Hall–Kier alpha value is -5.20. The van der Waals surface area contributed by atoms with Gasteiger partial charge in [0.05, 0.1) is 9.60 Å². The van der Waals surface area contributed by atoms with E-state index in [0.717, 1.165) is 21.5 Å². The van der Waals surface area contributed by atoms with E-state index in [2.05, 4.69) is 0 Å². The summed E-state index contributed by atoms with van der Waals surface area (Å²) in [5, 5.41) is 4.81. The Labute approximate surface area is 243 Å². The second-order valence-corrected chi connectivity index (χ2v) is 9.92. The van der Waals surface area contributed by atoms with E-state index in [9.17, 15) is 6.85 Å². The molecule has 0 spiro atoms. The average molecular weight is 514 g/mol. The molecular formula is C40H26. The minimum atomic E-state index is -0.376. The molecule has 0 aliphatic heterocycles. The van der Waals surface area contributed by atoms with Crippen LogP contribution < -0.4 is 0 Å². The highest BCUT2D eigenvalue weighted by Gasteiger charge is 2.18. The van der Waals surface area contributed by atoms with Crippen molar-refractivity contribution >= 4 is 43.1 Å². The normalized spacial score (nSPS) is 13.9. The third-order valence-electron chi connectivity index (χ3n) is 7.68. The standard InChI is InChI=1S/C40H26/c1-2-14-29(15-3-1)39-35-20-8-9-21-36(35)40(34-23-11-17-28-13-5-7-19-32(28)34)37-25-24-30(26-38(37)39)33-22-10-16-27-12-4-6-18-31(27)33/h1-26H/i8D,9D,20D,21D,24D,25D,26D. The molecule has 0 bridgehead atoms. The van der Waals surface area contributed by atoms with Crippen LogP contribution in [0, 0.1) is 0 Å². The monoisotopic (exact) mass is 513 g/mol. The largest absolute Gasteiger partial charge is 0.0636 e. The van der Waals surface area contributed by atoms with Crippen LogP contribution in [0.4, 0.5) is 0 Å². The lowest BCUT2D eigenvalue weighted by atomic mass is 9.83. The van der Waals surface area contributed by atoms with Gasteiger partial charge in [0.2, 0.25) is 0 Å². The molecule has 0 amide bonds. The van der Waals surface area contributed by atoms with Gasteiger partial charge in [-0.15, -0.1) is 0 Å². The van der Waals surface area contributed by atoms with Crippen LogP contribution in [-0.2, 0) is 0 Å². The van der Waals surface area contributed by atoms with Crippen molar-refractivity contribution in [1.29, 1.82) is 0 Å². The maximum atomic E-state index is 9.90. The van der Waals surface area contributed by atoms with Crippen molar-refractivity contribution in [3.8, 4) is 33.4 Å². The molecule has 8 aromatic carbocycles. The van der Waals surface area contributed by atoms with Gasteiger partial charge in [0, 0.05) is 0 Å². The first-order valence-electron chi connectivity index (χ1n) is 16.8. The second kappa shape index (κ2) is 9.22. The molecule has 0 fully saturated rings. The van der Waals surface area contributed by atoms with E-state index >= 15 is 0 Å². The fraction of sp³-hybridized carbons (Fsp3) is 0. The molecule has 40 heavy (non-hydrogen) atoms. The van der Waals surface area contributed by atoms with Gasteiger partial charge in [0.25, 0.3) is 0 Å². The van der Waals surface area contributed by atoms with Crippen LogP contribution in [0.3, 0.4) is 0 Å². The van der Waals surface area contributed by atoms with Gasteiger partial charge >= 0.3 is 0 Å². The predicted octanol–water partition coefficient (Wildman–Crippen LogP) is 11.3. The van der Waals surface area contributed by atoms with Crippen LogP contribution in [0.25, 0.3) is 76.5 Å². The number of rotatable bonds is 3. The zero-order chi connectivity index (χ0) is 32.6. The van der Waals surface area contributed by atoms with Gasteiger partial charge in [-0.3, -0.25) is 0 Å². The molecule has 0 radical (unpaired) electrons. The van der Waals surface area contributed by atoms with Gasteiger partial charge < -0.3 is 0 Å². The molecule has 0 heterocycles. The van der Waals surface area contributed by atoms with Gasteiger partial charge in [-0.25, -0.2) is 0 Å². The molecule has 0 atom stereocenters. The molecule has 0 unspecified atom stereocenters. The van der Waals surface area contributed by atoms with Gasteiger partial charge in [0.1, 0.15) is 0 Å². The Bertz CT molecular complexity index is 2580. The number of hydrogen-bond donors (Lipinski definition) is 0. The lowest BCUT2D eigenvalue weighted by molar-refractivity contribution is 1.65. The van der Waals surface area contributed by atoms with Gasteiger partial charge in [0.15, 0.2) is 0 Å². The van der Waals surface area contributed by atoms with E-state index in [4.69, 9.17) is 2.74 Å². The molecular weight excluding hydrogens is 480 g/mol. The first-order valence-corrected chi connectivity index (χ1v) is 13.3. The quantitative estimate of drug-likeness (QED) is 0.206. The summed E-state index contributed by atoms with van der Waals surface area (Å²) in [4.78, 5) is 0. The molecule has 8 aromatic rings. The first-order chi connectivity index (χ1) is 22.8. The molecule has 0 N–H and O–H groups in total. The minimum absolute atomic E-state index is 0.0343. The topological polar surface area (TPSA) is 0 Å². The number of hydrogen-bond acceptors (Lipinski definition) is 0. The molecule has 0 aliphatic rings. The van der Waals surface area contributed by atoms with Crippen molar-refractivity contribution in [2.45, 2.75) is 0 Å². The van der Waals surface area contributed by atoms with E-state index < -0.39 is 0 Å². The lowest BCUT2D eigenvalue weighted by Crippen LogP contribution is -1.92. The molecule has 186 valence electrons. The Balaban J connectivity index is 1.72. The lowest BCUT2D eigenvalue weighted by Gasteiger charge is -2.20. The van der Waals surface area contributed by atoms with Crippen molar-refractivity contribution in [1.82, 2.24) is 0 Å². The summed E-state index contributed by atoms with van der Waals surface area (Å²) in [6.45, 7) is 0. The second-order valence-electron chi connectivity index (χ2n) is 9.92.